The summed E-state index contributed by atoms with van der Waals surface area (Å²) in [6.45, 7) is 10.7. The Morgan fingerprint density at radius 2 is 1.85 bits per heavy atom. The molecule has 2 rings (SSSR count). The monoisotopic (exact) mass is 276 g/mol. The molecule has 0 unspecified atom stereocenters. The number of nitrogens with one attached hydrogen (secondary N) is 2. The Morgan fingerprint density at radius 3 is 2.35 bits per heavy atom. The van der Waals surface area contributed by atoms with Crippen molar-refractivity contribution in [2.45, 2.75) is 59.3 Å². The summed E-state index contributed by atoms with van der Waals surface area (Å²) in [6.07, 6.45) is 5.11. The van der Waals surface area contributed by atoms with Gasteiger partial charge in [-0.1, -0.05) is 34.1 Å². The summed E-state index contributed by atoms with van der Waals surface area (Å²) in [4.78, 5) is 9.23. The lowest BCUT2D eigenvalue weighted by Crippen LogP contribution is -2.33. The van der Waals surface area contributed by atoms with E-state index in [4.69, 9.17) is 0 Å². The quantitative estimate of drug-likeness (QED) is 0.789. The fourth-order valence-electron chi connectivity index (χ4n) is 2.42. The number of anilines is 2. The van der Waals surface area contributed by atoms with Crippen LogP contribution in [0.4, 0.5) is 11.6 Å². The van der Waals surface area contributed by atoms with Crippen molar-refractivity contribution >= 4 is 11.6 Å². The highest BCUT2D eigenvalue weighted by Crippen LogP contribution is 2.40. The van der Waals surface area contributed by atoms with Crippen molar-refractivity contribution < 1.29 is 0 Å². The topological polar surface area (TPSA) is 49.8 Å². The van der Waals surface area contributed by atoms with Gasteiger partial charge in [-0.05, 0) is 24.7 Å². The lowest BCUT2D eigenvalue weighted by Gasteiger charge is -2.38. The average molecular weight is 276 g/mol. The van der Waals surface area contributed by atoms with Crippen LogP contribution in [-0.4, -0.2) is 23.1 Å². The summed E-state index contributed by atoms with van der Waals surface area (Å²) in [5, 5.41) is 6.87. The van der Waals surface area contributed by atoms with E-state index < -0.39 is 0 Å². The van der Waals surface area contributed by atoms with E-state index in [1.54, 1.807) is 0 Å². The molecule has 4 nitrogen and oxygen atoms in total. The standard InChI is InChI=1S/C16H28N4/c1-5-9-17-13-10-14(20-15(19-13)12(2)3)18-11-16(4)7-6-8-16/h10,12H,5-9,11H2,1-4H3,(H2,17,18,19,20). The molecule has 0 radical (unpaired) electrons. The molecule has 0 spiro atoms. The smallest absolute Gasteiger partial charge is 0.135 e. The molecule has 0 atom stereocenters. The Balaban J connectivity index is 2.07. The van der Waals surface area contributed by atoms with Gasteiger partial charge in [-0.25, -0.2) is 9.97 Å². The van der Waals surface area contributed by atoms with Crippen LogP contribution in [0.5, 0.6) is 0 Å². The fraction of sp³-hybridized carbons (Fsp3) is 0.750. The maximum atomic E-state index is 4.64. The van der Waals surface area contributed by atoms with E-state index in [-0.39, 0.29) is 0 Å². The van der Waals surface area contributed by atoms with Crippen molar-refractivity contribution in [3.63, 3.8) is 0 Å². The van der Waals surface area contributed by atoms with Crippen molar-refractivity contribution in [2.75, 3.05) is 23.7 Å². The highest BCUT2D eigenvalue weighted by atomic mass is 15.1. The van der Waals surface area contributed by atoms with Gasteiger partial charge in [0.15, 0.2) is 0 Å². The lowest BCUT2D eigenvalue weighted by atomic mass is 9.70. The first-order valence-electron chi connectivity index (χ1n) is 7.89. The lowest BCUT2D eigenvalue weighted by molar-refractivity contribution is 0.180. The van der Waals surface area contributed by atoms with Crippen molar-refractivity contribution in [1.29, 1.82) is 0 Å². The molecule has 0 aromatic carbocycles. The minimum atomic E-state index is 0.346. The van der Waals surface area contributed by atoms with Gasteiger partial charge in [-0.3, -0.25) is 0 Å². The van der Waals surface area contributed by atoms with Gasteiger partial charge in [0.1, 0.15) is 17.5 Å². The minimum Gasteiger partial charge on any atom is -0.370 e. The van der Waals surface area contributed by atoms with E-state index in [9.17, 15) is 0 Å². The van der Waals surface area contributed by atoms with E-state index >= 15 is 0 Å². The largest absolute Gasteiger partial charge is 0.370 e. The van der Waals surface area contributed by atoms with Gasteiger partial charge in [0.25, 0.3) is 0 Å². The molecule has 4 heteroatoms. The Morgan fingerprint density at radius 1 is 1.20 bits per heavy atom. The summed E-state index contributed by atoms with van der Waals surface area (Å²) >= 11 is 0. The van der Waals surface area contributed by atoms with Gasteiger partial charge in [0.2, 0.25) is 0 Å². The molecule has 1 aromatic heterocycles. The average Bonchev–Trinajstić information content (AvgIpc) is 2.40. The second kappa shape index (κ2) is 6.42. The van der Waals surface area contributed by atoms with Crippen molar-refractivity contribution in [1.82, 2.24) is 9.97 Å². The Kier molecular flexibility index (Phi) is 4.84. The predicted octanol–water partition coefficient (Wildman–Crippen LogP) is 4.02. The molecule has 1 fully saturated rings. The minimum absolute atomic E-state index is 0.346. The van der Waals surface area contributed by atoms with E-state index in [1.807, 2.05) is 6.07 Å². The molecule has 1 aromatic rings. The molecule has 1 aliphatic carbocycles. The fourth-order valence-corrected chi connectivity index (χ4v) is 2.42. The first-order valence-corrected chi connectivity index (χ1v) is 7.89. The zero-order valence-electron chi connectivity index (χ0n) is 13.3. The molecule has 1 saturated carbocycles. The molecular weight excluding hydrogens is 248 g/mol. The van der Waals surface area contributed by atoms with Crippen molar-refractivity contribution in [2.24, 2.45) is 5.41 Å². The van der Waals surface area contributed by atoms with Gasteiger partial charge < -0.3 is 10.6 Å². The molecule has 1 aliphatic rings. The third kappa shape index (κ3) is 3.84. The number of rotatable bonds is 7. The van der Waals surface area contributed by atoms with Crippen molar-refractivity contribution in [3.05, 3.63) is 11.9 Å². The second-order valence-electron chi connectivity index (χ2n) is 6.60. The van der Waals surface area contributed by atoms with Gasteiger partial charge >= 0.3 is 0 Å². The maximum Gasteiger partial charge on any atom is 0.135 e. The third-order valence-corrected chi connectivity index (χ3v) is 4.07. The molecular formula is C16H28N4. The summed E-state index contributed by atoms with van der Waals surface area (Å²) in [5.41, 5.74) is 0.458. The zero-order valence-corrected chi connectivity index (χ0v) is 13.3. The molecule has 1 heterocycles. The molecule has 2 N–H and O–H groups in total. The first kappa shape index (κ1) is 15.1. The highest BCUT2D eigenvalue weighted by molar-refractivity contribution is 5.48. The van der Waals surface area contributed by atoms with Crippen LogP contribution in [0.3, 0.4) is 0 Å². The summed E-state index contributed by atoms with van der Waals surface area (Å²) in [6, 6.07) is 2.03. The van der Waals surface area contributed by atoms with Crippen LogP contribution in [0.15, 0.2) is 6.07 Å². The van der Waals surface area contributed by atoms with E-state index in [0.29, 0.717) is 11.3 Å². The normalized spacial score (nSPS) is 16.9. The molecule has 0 aliphatic heterocycles. The summed E-state index contributed by atoms with van der Waals surface area (Å²) < 4.78 is 0. The van der Waals surface area contributed by atoms with Gasteiger partial charge in [0.05, 0.1) is 0 Å². The first-order chi connectivity index (χ1) is 9.52. The SMILES string of the molecule is CCCNc1cc(NCC2(C)CCC2)nc(C(C)C)n1. The Labute approximate surface area is 122 Å². The van der Waals surface area contributed by atoms with Crippen molar-refractivity contribution in [3.8, 4) is 0 Å². The van der Waals surface area contributed by atoms with Gasteiger partial charge in [-0.2, -0.15) is 0 Å². The number of nitrogens with zero attached hydrogens (tertiary/aromatic N) is 2. The predicted molar refractivity (Wildman–Crippen MR) is 85.3 cm³/mol. The second-order valence-corrected chi connectivity index (χ2v) is 6.60. The van der Waals surface area contributed by atoms with E-state index in [1.165, 1.54) is 19.3 Å². The van der Waals surface area contributed by atoms with E-state index in [2.05, 4.69) is 48.3 Å². The summed E-state index contributed by atoms with van der Waals surface area (Å²) in [7, 11) is 0. The highest BCUT2D eigenvalue weighted by Gasteiger charge is 2.31. The number of aromatic nitrogens is 2. The molecule has 112 valence electrons. The van der Waals surface area contributed by atoms with Crippen LogP contribution in [0.25, 0.3) is 0 Å². The zero-order chi connectivity index (χ0) is 14.6. The van der Waals surface area contributed by atoms with Crippen LogP contribution < -0.4 is 10.6 Å². The van der Waals surface area contributed by atoms with Crippen LogP contribution in [0.2, 0.25) is 0 Å². The maximum absolute atomic E-state index is 4.64. The van der Waals surface area contributed by atoms with Crippen LogP contribution in [0, 0.1) is 5.41 Å². The molecule has 0 bridgehead atoms. The van der Waals surface area contributed by atoms with Gasteiger partial charge in [-0.15, -0.1) is 0 Å². The van der Waals surface area contributed by atoms with Crippen LogP contribution in [0.1, 0.15) is 65.1 Å². The van der Waals surface area contributed by atoms with E-state index in [0.717, 1.165) is 37.0 Å². The van der Waals surface area contributed by atoms with Gasteiger partial charge in [0, 0.05) is 25.1 Å². The Bertz CT molecular complexity index is 438. The number of hydrogen-bond acceptors (Lipinski definition) is 4. The molecule has 20 heavy (non-hydrogen) atoms. The third-order valence-electron chi connectivity index (χ3n) is 4.07. The number of hydrogen-bond donors (Lipinski definition) is 2. The molecule has 0 amide bonds. The molecule has 0 saturated heterocycles. The van der Waals surface area contributed by atoms with Crippen LogP contribution in [-0.2, 0) is 0 Å². The summed E-state index contributed by atoms with van der Waals surface area (Å²) in [5.74, 6) is 3.15. The van der Waals surface area contributed by atoms with Crippen LogP contribution >= 0.6 is 0 Å². The Hall–Kier alpha value is -1.32.